The van der Waals surface area contributed by atoms with Gasteiger partial charge in [-0.1, -0.05) is 6.07 Å². The van der Waals surface area contributed by atoms with Gasteiger partial charge in [-0.2, -0.15) is 0 Å². The maximum absolute atomic E-state index is 10.5. The van der Waals surface area contributed by atoms with Crippen molar-refractivity contribution in [1.29, 1.82) is 0 Å². The van der Waals surface area contributed by atoms with Crippen LogP contribution in [0.1, 0.15) is 5.56 Å². The number of methoxy groups -OCH3 is 1. The number of nitro benzene ring substituents is 1. The van der Waals surface area contributed by atoms with Crippen LogP contribution in [0.25, 0.3) is 0 Å². The van der Waals surface area contributed by atoms with Crippen molar-refractivity contribution in [3.8, 4) is 5.75 Å². The fourth-order valence-corrected chi connectivity index (χ4v) is 1.57. The molecule has 6 nitrogen and oxygen atoms in total. The summed E-state index contributed by atoms with van der Waals surface area (Å²) in [6.07, 6.45) is 0. The number of hydrogen-bond acceptors (Lipinski definition) is 4. The first-order chi connectivity index (χ1) is 7.04. The normalized spacial score (nSPS) is 12.1. The zero-order valence-electron chi connectivity index (χ0n) is 7.87. The summed E-state index contributed by atoms with van der Waals surface area (Å²) in [6.45, 7) is 0. The molecule has 1 unspecified atom stereocenters. The number of rotatable bonds is 4. The Morgan fingerprint density at radius 2 is 2.27 bits per heavy atom. The molecule has 1 aromatic rings. The fourth-order valence-electron chi connectivity index (χ4n) is 1.11. The van der Waals surface area contributed by atoms with Gasteiger partial charge in [-0.3, -0.25) is 10.1 Å². The quantitative estimate of drug-likeness (QED) is 0.479. The number of hydrogen-bond donors (Lipinski definition) is 1. The topological polar surface area (TPSA) is 89.7 Å². The van der Waals surface area contributed by atoms with Crippen molar-refractivity contribution < 1.29 is 18.4 Å². The maximum atomic E-state index is 10.5. The van der Waals surface area contributed by atoms with Crippen molar-refractivity contribution in [3.63, 3.8) is 0 Å². The Morgan fingerprint density at radius 1 is 1.60 bits per heavy atom. The van der Waals surface area contributed by atoms with Crippen molar-refractivity contribution in [3.05, 3.63) is 33.9 Å². The van der Waals surface area contributed by atoms with Gasteiger partial charge >= 0.3 is 5.69 Å². The number of nitrogens with zero attached hydrogens (tertiary/aromatic N) is 1. The minimum absolute atomic E-state index is 0.0750. The molecule has 1 rings (SSSR count). The molecule has 1 aromatic carbocycles. The summed E-state index contributed by atoms with van der Waals surface area (Å²) in [5.74, 6) is 0.0110. The van der Waals surface area contributed by atoms with Gasteiger partial charge in [0, 0.05) is 6.07 Å². The zero-order chi connectivity index (χ0) is 11.4. The van der Waals surface area contributed by atoms with E-state index in [1.54, 1.807) is 0 Å². The molecule has 0 radical (unpaired) electrons. The highest BCUT2D eigenvalue weighted by Gasteiger charge is 2.14. The fraction of sp³-hybridized carbons (Fsp3) is 0.250. The highest BCUT2D eigenvalue weighted by molar-refractivity contribution is 7.78. The number of benzene rings is 1. The summed E-state index contributed by atoms with van der Waals surface area (Å²) in [5.41, 5.74) is 0.350. The molecular weight excluding hydrogens is 222 g/mol. The van der Waals surface area contributed by atoms with Gasteiger partial charge in [0.15, 0.2) is 16.8 Å². The van der Waals surface area contributed by atoms with Crippen molar-refractivity contribution in [2.75, 3.05) is 7.11 Å². The minimum atomic E-state index is -1.97. The van der Waals surface area contributed by atoms with E-state index in [1.165, 1.54) is 25.3 Å². The minimum Gasteiger partial charge on any atom is -0.490 e. The molecule has 7 heteroatoms. The lowest BCUT2D eigenvalue weighted by molar-refractivity contribution is -0.385. The van der Waals surface area contributed by atoms with E-state index in [0.717, 1.165) is 0 Å². The second-order valence-electron chi connectivity index (χ2n) is 2.73. The summed E-state index contributed by atoms with van der Waals surface area (Å²) in [5, 5.41) is 10.5. The van der Waals surface area contributed by atoms with Crippen LogP contribution in [0.5, 0.6) is 5.75 Å². The maximum Gasteiger partial charge on any atom is 0.310 e. The lowest BCUT2D eigenvalue weighted by Crippen LogP contribution is -1.97. The average Bonchev–Trinajstić information content (AvgIpc) is 2.16. The highest BCUT2D eigenvalue weighted by Crippen LogP contribution is 2.27. The smallest absolute Gasteiger partial charge is 0.310 e. The van der Waals surface area contributed by atoms with Gasteiger partial charge in [0.25, 0.3) is 0 Å². The molecule has 0 aliphatic heterocycles. The second kappa shape index (κ2) is 4.85. The molecule has 0 fully saturated rings. The third-order valence-corrected chi connectivity index (χ3v) is 2.31. The number of ether oxygens (including phenoxy) is 1. The van der Waals surface area contributed by atoms with Crippen LogP contribution in [0.15, 0.2) is 18.2 Å². The van der Waals surface area contributed by atoms with E-state index >= 15 is 0 Å². The van der Waals surface area contributed by atoms with Crippen LogP contribution < -0.4 is 4.74 Å². The Labute approximate surface area is 88.3 Å². The molecule has 0 aliphatic carbocycles. The summed E-state index contributed by atoms with van der Waals surface area (Å²) in [6, 6.07) is 4.06. The largest absolute Gasteiger partial charge is 0.490 e. The van der Waals surface area contributed by atoms with Crippen molar-refractivity contribution >= 4 is 16.8 Å². The van der Waals surface area contributed by atoms with Gasteiger partial charge in [-0.05, 0) is 11.6 Å². The molecule has 0 spiro atoms. The Bertz CT molecular complexity index is 406. The van der Waals surface area contributed by atoms with Crippen molar-refractivity contribution in [1.82, 2.24) is 0 Å². The molecule has 15 heavy (non-hydrogen) atoms. The van der Waals surface area contributed by atoms with Crippen LogP contribution in [0.4, 0.5) is 5.69 Å². The van der Waals surface area contributed by atoms with Gasteiger partial charge in [0.1, 0.15) is 0 Å². The van der Waals surface area contributed by atoms with Crippen LogP contribution in [0.2, 0.25) is 0 Å². The van der Waals surface area contributed by atoms with Gasteiger partial charge < -0.3 is 9.29 Å². The van der Waals surface area contributed by atoms with E-state index in [9.17, 15) is 14.3 Å². The molecule has 0 saturated heterocycles. The van der Waals surface area contributed by atoms with Crippen molar-refractivity contribution in [2.24, 2.45) is 0 Å². The van der Waals surface area contributed by atoms with Crippen LogP contribution in [-0.2, 0) is 16.8 Å². The predicted molar refractivity (Wildman–Crippen MR) is 54.1 cm³/mol. The molecule has 1 atom stereocenters. The molecule has 0 saturated carbocycles. The standard InChI is InChI=1S/C8H9NO5S/c1-14-8-4-6(5-15(12)13)2-3-7(8)9(10)11/h2-4H,5H2,1H3,(H,12,13). The van der Waals surface area contributed by atoms with Gasteiger partial charge in [-0.25, -0.2) is 4.21 Å². The lowest BCUT2D eigenvalue weighted by atomic mass is 10.2. The van der Waals surface area contributed by atoms with Crippen LogP contribution in [0, 0.1) is 10.1 Å². The molecule has 0 heterocycles. The lowest BCUT2D eigenvalue weighted by Gasteiger charge is -2.03. The Hall–Kier alpha value is -1.47. The zero-order valence-corrected chi connectivity index (χ0v) is 8.69. The van der Waals surface area contributed by atoms with E-state index < -0.39 is 16.0 Å². The van der Waals surface area contributed by atoms with E-state index in [1.807, 2.05) is 0 Å². The first kappa shape index (κ1) is 11.6. The molecule has 0 bridgehead atoms. The van der Waals surface area contributed by atoms with E-state index in [0.29, 0.717) is 5.56 Å². The van der Waals surface area contributed by atoms with Gasteiger partial charge in [0.05, 0.1) is 17.8 Å². The Balaban J connectivity index is 3.07. The first-order valence-corrected chi connectivity index (χ1v) is 5.21. The van der Waals surface area contributed by atoms with Crippen LogP contribution in [-0.4, -0.2) is 20.8 Å². The monoisotopic (exact) mass is 231 g/mol. The van der Waals surface area contributed by atoms with Crippen molar-refractivity contribution in [2.45, 2.75) is 5.75 Å². The Kier molecular flexibility index (Phi) is 3.75. The van der Waals surface area contributed by atoms with Crippen LogP contribution in [0.3, 0.4) is 0 Å². The summed E-state index contributed by atoms with van der Waals surface area (Å²) in [7, 11) is 1.31. The van der Waals surface area contributed by atoms with E-state index in [4.69, 9.17) is 9.29 Å². The third-order valence-electron chi connectivity index (χ3n) is 1.73. The molecule has 0 aromatic heterocycles. The van der Waals surface area contributed by atoms with E-state index in [2.05, 4.69) is 0 Å². The molecule has 0 amide bonds. The summed E-state index contributed by atoms with van der Waals surface area (Å²) >= 11 is -1.97. The molecular formula is C8H9NO5S. The summed E-state index contributed by atoms with van der Waals surface area (Å²) < 4.78 is 24.0. The summed E-state index contributed by atoms with van der Waals surface area (Å²) in [4.78, 5) is 9.96. The van der Waals surface area contributed by atoms with Crippen LogP contribution >= 0.6 is 0 Å². The molecule has 0 aliphatic rings. The van der Waals surface area contributed by atoms with Gasteiger partial charge in [0.2, 0.25) is 0 Å². The molecule has 1 N–H and O–H groups in total. The number of nitro groups is 1. The third kappa shape index (κ3) is 3.00. The second-order valence-corrected chi connectivity index (χ2v) is 3.66. The first-order valence-electron chi connectivity index (χ1n) is 3.93. The SMILES string of the molecule is COc1cc(CS(=O)O)ccc1[N+](=O)[O-]. The van der Waals surface area contributed by atoms with E-state index in [-0.39, 0.29) is 17.2 Å². The van der Waals surface area contributed by atoms with Gasteiger partial charge in [-0.15, -0.1) is 0 Å². The average molecular weight is 231 g/mol. The predicted octanol–water partition coefficient (Wildman–Crippen LogP) is 1.33. The Morgan fingerprint density at radius 3 is 2.73 bits per heavy atom. The highest BCUT2D eigenvalue weighted by atomic mass is 32.2. The molecule has 82 valence electrons.